The molecule has 0 radical (unpaired) electrons. The SMILES string of the molecule is Cc1cccc(NS(=O)(=O)c2cnc(NN)c(Cl)c2)c1C. The Kier molecular flexibility index (Phi) is 4.36. The number of aromatic nitrogens is 1. The Labute approximate surface area is 128 Å². The number of pyridine rings is 1. The molecule has 112 valence electrons. The van der Waals surface area contributed by atoms with Crippen molar-refractivity contribution in [2.45, 2.75) is 18.7 Å². The van der Waals surface area contributed by atoms with Gasteiger partial charge < -0.3 is 5.43 Å². The van der Waals surface area contributed by atoms with Crippen LogP contribution in [0.25, 0.3) is 0 Å². The van der Waals surface area contributed by atoms with Crippen molar-refractivity contribution in [3.63, 3.8) is 0 Å². The second-order valence-corrected chi connectivity index (χ2v) is 6.59. The maximum absolute atomic E-state index is 12.4. The van der Waals surface area contributed by atoms with Crippen molar-refractivity contribution in [2.24, 2.45) is 5.84 Å². The molecular formula is C13H15ClN4O2S. The zero-order valence-corrected chi connectivity index (χ0v) is 13.1. The Bertz CT molecular complexity index is 778. The zero-order valence-electron chi connectivity index (χ0n) is 11.5. The van der Waals surface area contributed by atoms with Crippen LogP contribution in [0.3, 0.4) is 0 Å². The lowest BCUT2D eigenvalue weighted by Gasteiger charge is -2.12. The zero-order chi connectivity index (χ0) is 15.6. The molecule has 21 heavy (non-hydrogen) atoms. The lowest BCUT2D eigenvalue weighted by molar-refractivity contribution is 0.601. The molecule has 0 saturated heterocycles. The number of nitrogens with two attached hydrogens (primary N) is 1. The van der Waals surface area contributed by atoms with Gasteiger partial charge in [-0.2, -0.15) is 0 Å². The quantitative estimate of drug-likeness (QED) is 0.592. The molecule has 4 N–H and O–H groups in total. The number of nitrogen functional groups attached to an aromatic ring is 1. The number of nitrogens with one attached hydrogen (secondary N) is 2. The Hall–Kier alpha value is -1.83. The van der Waals surface area contributed by atoms with Gasteiger partial charge in [0.25, 0.3) is 10.0 Å². The molecule has 0 unspecified atom stereocenters. The first-order chi connectivity index (χ1) is 9.85. The monoisotopic (exact) mass is 326 g/mol. The third-order valence-corrected chi connectivity index (χ3v) is 4.73. The first-order valence-electron chi connectivity index (χ1n) is 6.06. The van der Waals surface area contributed by atoms with Gasteiger partial charge in [0.1, 0.15) is 4.90 Å². The van der Waals surface area contributed by atoms with Crippen molar-refractivity contribution < 1.29 is 8.42 Å². The first kappa shape index (κ1) is 15.6. The molecule has 0 fully saturated rings. The van der Waals surface area contributed by atoms with Crippen molar-refractivity contribution in [3.05, 3.63) is 46.6 Å². The second kappa shape index (κ2) is 5.88. The molecule has 1 heterocycles. The summed E-state index contributed by atoms with van der Waals surface area (Å²) in [6.45, 7) is 3.76. The van der Waals surface area contributed by atoms with Gasteiger partial charge in [0, 0.05) is 6.20 Å². The Morgan fingerprint density at radius 3 is 2.62 bits per heavy atom. The van der Waals surface area contributed by atoms with E-state index in [0.29, 0.717) is 5.69 Å². The maximum atomic E-state index is 12.4. The lowest BCUT2D eigenvalue weighted by atomic mass is 10.1. The van der Waals surface area contributed by atoms with Crippen molar-refractivity contribution in [3.8, 4) is 0 Å². The fraction of sp³-hybridized carbons (Fsp3) is 0.154. The fourth-order valence-corrected chi connectivity index (χ4v) is 3.12. The van der Waals surface area contributed by atoms with Crippen LogP contribution < -0.4 is 16.0 Å². The van der Waals surface area contributed by atoms with Crippen molar-refractivity contribution in [1.29, 1.82) is 0 Å². The van der Waals surface area contributed by atoms with Crippen LogP contribution in [0.5, 0.6) is 0 Å². The summed E-state index contributed by atoms with van der Waals surface area (Å²) in [4.78, 5) is 3.82. The third-order valence-electron chi connectivity index (χ3n) is 3.11. The van der Waals surface area contributed by atoms with E-state index in [-0.39, 0.29) is 15.7 Å². The van der Waals surface area contributed by atoms with Crippen LogP contribution in [-0.2, 0) is 10.0 Å². The van der Waals surface area contributed by atoms with Gasteiger partial charge in [-0.3, -0.25) is 4.72 Å². The van der Waals surface area contributed by atoms with Crippen molar-refractivity contribution in [1.82, 2.24) is 4.98 Å². The van der Waals surface area contributed by atoms with Gasteiger partial charge in [0.2, 0.25) is 0 Å². The fourth-order valence-electron chi connectivity index (χ4n) is 1.74. The maximum Gasteiger partial charge on any atom is 0.263 e. The van der Waals surface area contributed by atoms with E-state index in [0.717, 1.165) is 11.1 Å². The summed E-state index contributed by atoms with van der Waals surface area (Å²) < 4.78 is 27.2. The smallest absolute Gasteiger partial charge is 0.263 e. The molecule has 1 aromatic heterocycles. The second-order valence-electron chi connectivity index (χ2n) is 4.50. The molecule has 8 heteroatoms. The van der Waals surface area contributed by atoms with E-state index in [4.69, 9.17) is 17.4 Å². The number of halogens is 1. The summed E-state index contributed by atoms with van der Waals surface area (Å²) in [6, 6.07) is 6.68. The van der Waals surface area contributed by atoms with Crippen LogP contribution in [0.1, 0.15) is 11.1 Å². The van der Waals surface area contributed by atoms with E-state index in [2.05, 4.69) is 15.1 Å². The highest BCUT2D eigenvalue weighted by molar-refractivity contribution is 7.92. The molecule has 0 aliphatic rings. The van der Waals surface area contributed by atoms with Gasteiger partial charge in [-0.05, 0) is 37.1 Å². The molecule has 0 aliphatic carbocycles. The number of nitrogens with zero attached hydrogens (tertiary/aromatic N) is 1. The number of aryl methyl sites for hydroxylation is 1. The number of hydrazine groups is 1. The van der Waals surface area contributed by atoms with E-state index < -0.39 is 10.0 Å². The highest BCUT2D eigenvalue weighted by atomic mass is 35.5. The number of hydrogen-bond donors (Lipinski definition) is 3. The lowest BCUT2D eigenvalue weighted by Crippen LogP contribution is -2.15. The minimum Gasteiger partial charge on any atom is -0.307 e. The number of benzene rings is 1. The topological polar surface area (TPSA) is 97.1 Å². The average Bonchev–Trinajstić information content (AvgIpc) is 2.43. The normalized spacial score (nSPS) is 11.2. The number of hydrogen-bond acceptors (Lipinski definition) is 5. The van der Waals surface area contributed by atoms with E-state index in [1.165, 1.54) is 12.3 Å². The molecule has 0 amide bonds. The largest absolute Gasteiger partial charge is 0.307 e. The molecule has 6 nitrogen and oxygen atoms in total. The Morgan fingerprint density at radius 2 is 2.00 bits per heavy atom. The molecule has 0 bridgehead atoms. The summed E-state index contributed by atoms with van der Waals surface area (Å²) in [5, 5.41) is 0.126. The average molecular weight is 327 g/mol. The van der Waals surface area contributed by atoms with Gasteiger partial charge in [0.05, 0.1) is 10.7 Å². The van der Waals surface area contributed by atoms with E-state index in [9.17, 15) is 8.42 Å². The van der Waals surface area contributed by atoms with Gasteiger partial charge in [-0.25, -0.2) is 19.2 Å². The Morgan fingerprint density at radius 1 is 1.29 bits per heavy atom. The molecule has 0 saturated carbocycles. The number of anilines is 2. The highest BCUT2D eigenvalue weighted by Gasteiger charge is 2.17. The van der Waals surface area contributed by atoms with Gasteiger partial charge in [-0.15, -0.1) is 0 Å². The summed E-state index contributed by atoms with van der Waals surface area (Å²) in [6.07, 6.45) is 1.19. The van der Waals surface area contributed by atoms with Crippen LogP contribution >= 0.6 is 11.6 Å². The molecule has 0 aliphatic heterocycles. The van der Waals surface area contributed by atoms with Crippen molar-refractivity contribution >= 4 is 33.1 Å². The van der Waals surface area contributed by atoms with E-state index in [1.807, 2.05) is 19.9 Å². The first-order valence-corrected chi connectivity index (χ1v) is 7.92. The van der Waals surface area contributed by atoms with Gasteiger partial charge >= 0.3 is 0 Å². The molecule has 2 rings (SSSR count). The minimum atomic E-state index is -3.77. The van der Waals surface area contributed by atoms with Gasteiger partial charge in [0.15, 0.2) is 5.82 Å². The number of sulfonamides is 1. The molecule has 0 spiro atoms. The summed E-state index contributed by atoms with van der Waals surface area (Å²) >= 11 is 5.90. The minimum absolute atomic E-state index is 0.0348. The van der Waals surface area contributed by atoms with Crippen LogP contribution in [0.15, 0.2) is 35.4 Å². The molecular weight excluding hydrogens is 312 g/mol. The van der Waals surface area contributed by atoms with E-state index in [1.54, 1.807) is 12.1 Å². The standard InChI is InChI=1S/C13H15ClN4O2S/c1-8-4-3-5-12(9(8)2)18-21(19,20)10-6-11(14)13(17-15)16-7-10/h3-7,18H,15H2,1-2H3,(H,16,17). The van der Waals surface area contributed by atoms with Gasteiger partial charge in [-0.1, -0.05) is 23.7 Å². The summed E-state index contributed by atoms with van der Waals surface area (Å²) in [5.74, 6) is 5.42. The van der Waals surface area contributed by atoms with E-state index >= 15 is 0 Å². The summed E-state index contributed by atoms with van der Waals surface area (Å²) in [5.41, 5.74) is 4.66. The predicted molar refractivity (Wildman–Crippen MR) is 83.8 cm³/mol. The van der Waals surface area contributed by atoms with Crippen LogP contribution in [0, 0.1) is 13.8 Å². The number of rotatable bonds is 4. The molecule has 2 aromatic rings. The van der Waals surface area contributed by atoms with Crippen LogP contribution in [0.2, 0.25) is 5.02 Å². The summed E-state index contributed by atoms with van der Waals surface area (Å²) in [7, 11) is -3.77. The highest BCUT2D eigenvalue weighted by Crippen LogP contribution is 2.25. The predicted octanol–water partition coefficient (Wildman–Crippen LogP) is 2.44. The molecule has 0 atom stereocenters. The Balaban J connectivity index is 2.39. The molecule has 1 aromatic carbocycles. The third kappa shape index (κ3) is 3.26. The van der Waals surface area contributed by atoms with Crippen molar-refractivity contribution in [2.75, 3.05) is 10.1 Å². The van der Waals surface area contributed by atoms with Crippen LogP contribution in [-0.4, -0.2) is 13.4 Å². The van der Waals surface area contributed by atoms with Crippen LogP contribution in [0.4, 0.5) is 11.5 Å².